The molecule has 3 rings (SSSR count). The number of nitrogens with zero attached hydrogens (tertiary/aromatic N) is 2. The number of carbonyl (C=O) groups excluding carboxylic acids is 1. The number of anilines is 1. The van der Waals surface area contributed by atoms with Crippen molar-refractivity contribution in [1.29, 1.82) is 0 Å². The van der Waals surface area contributed by atoms with Gasteiger partial charge in [-0.3, -0.25) is 9.59 Å². The summed E-state index contributed by atoms with van der Waals surface area (Å²) in [5, 5.41) is 8.69. The third-order valence-electron chi connectivity index (χ3n) is 3.82. The van der Waals surface area contributed by atoms with Gasteiger partial charge >= 0.3 is 0 Å². The van der Waals surface area contributed by atoms with Crippen LogP contribution >= 0.6 is 11.6 Å². The van der Waals surface area contributed by atoms with Crippen LogP contribution in [-0.4, -0.2) is 15.7 Å². The molecule has 0 spiro atoms. The highest BCUT2D eigenvalue weighted by Gasteiger charge is 2.17. The molecule has 5 nitrogen and oxygen atoms in total. The van der Waals surface area contributed by atoms with Crippen molar-refractivity contribution in [1.82, 2.24) is 9.78 Å². The first-order chi connectivity index (χ1) is 11.5. The molecule has 1 N–H and O–H groups in total. The Labute approximate surface area is 143 Å². The molecule has 0 bridgehead atoms. The lowest BCUT2D eigenvalue weighted by Crippen LogP contribution is -2.27. The summed E-state index contributed by atoms with van der Waals surface area (Å²) in [4.78, 5) is 25.1. The van der Waals surface area contributed by atoms with Gasteiger partial charge in [-0.05, 0) is 43.7 Å². The number of benzene rings is 2. The lowest BCUT2D eigenvalue weighted by atomic mass is 10.1. The van der Waals surface area contributed by atoms with E-state index in [0.717, 1.165) is 5.56 Å². The highest BCUT2D eigenvalue weighted by atomic mass is 35.5. The van der Waals surface area contributed by atoms with Crippen LogP contribution in [0.15, 0.2) is 47.3 Å². The van der Waals surface area contributed by atoms with Crippen LogP contribution in [0, 0.1) is 6.92 Å². The second-order valence-corrected chi connectivity index (χ2v) is 5.86. The van der Waals surface area contributed by atoms with Crippen LogP contribution in [0.25, 0.3) is 10.8 Å². The number of halogens is 1. The molecule has 0 aliphatic heterocycles. The molecule has 0 fully saturated rings. The smallest absolute Gasteiger partial charge is 0.276 e. The minimum absolute atomic E-state index is 0.202. The predicted molar refractivity (Wildman–Crippen MR) is 95.8 cm³/mol. The molecule has 1 amide bonds. The lowest BCUT2D eigenvalue weighted by molar-refractivity contribution is 0.102. The molecule has 24 heavy (non-hydrogen) atoms. The fourth-order valence-electron chi connectivity index (χ4n) is 2.57. The molecule has 122 valence electrons. The maximum absolute atomic E-state index is 12.7. The van der Waals surface area contributed by atoms with Gasteiger partial charge in [0.05, 0.1) is 5.39 Å². The number of carbonyl (C=O) groups is 1. The van der Waals surface area contributed by atoms with Gasteiger partial charge in [0.2, 0.25) is 0 Å². The molecular formula is C18H16ClN3O2. The van der Waals surface area contributed by atoms with Crippen molar-refractivity contribution >= 4 is 34.0 Å². The van der Waals surface area contributed by atoms with Crippen LogP contribution in [-0.2, 0) is 6.54 Å². The monoisotopic (exact) mass is 341 g/mol. The zero-order chi connectivity index (χ0) is 17.3. The van der Waals surface area contributed by atoms with Crippen molar-refractivity contribution in [3.63, 3.8) is 0 Å². The van der Waals surface area contributed by atoms with E-state index in [0.29, 0.717) is 28.0 Å². The maximum Gasteiger partial charge on any atom is 0.276 e. The second-order valence-electron chi connectivity index (χ2n) is 5.43. The number of hydrogen-bond acceptors (Lipinski definition) is 3. The van der Waals surface area contributed by atoms with Gasteiger partial charge in [0.1, 0.15) is 0 Å². The van der Waals surface area contributed by atoms with Gasteiger partial charge in [-0.2, -0.15) is 5.10 Å². The van der Waals surface area contributed by atoms with Crippen molar-refractivity contribution in [2.24, 2.45) is 0 Å². The topological polar surface area (TPSA) is 64.0 Å². The van der Waals surface area contributed by atoms with Crippen molar-refractivity contribution in [2.45, 2.75) is 20.4 Å². The Kier molecular flexibility index (Phi) is 4.36. The standard InChI is InChI=1S/C18H16ClN3O2/c1-3-22-18(24)14-7-5-4-6-13(14)16(21-22)17(23)20-15-9-8-12(19)10-11(15)2/h4-10H,3H2,1-2H3,(H,20,23). The molecule has 0 aliphatic rings. The third-order valence-corrected chi connectivity index (χ3v) is 4.05. The molecule has 1 heterocycles. The van der Waals surface area contributed by atoms with Crippen molar-refractivity contribution in [2.75, 3.05) is 5.32 Å². The Morgan fingerprint density at radius 1 is 1.21 bits per heavy atom. The average molecular weight is 342 g/mol. The van der Waals surface area contributed by atoms with E-state index in [9.17, 15) is 9.59 Å². The SMILES string of the molecule is CCn1nc(C(=O)Nc2ccc(Cl)cc2C)c2ccccc2c1=O. The van der Waals surface area contributed by atoms with E-state index in [2.05, 4.69) is 10.4 Å². The summed E-state index contributed by atoms with van der Waals surface area (Å²) in [6.45, 7) is 4.07. The minimum atomic E-state index is -0.362. The quantitative estimate of drug-likeness (QED) is 0.791. The number of nitrogens with one attached hydrogen (secondary N) is 1. The van der Waals surface area contributed by atoms with E-state index in [1.165, 1.54) is 4.68 Å². The molecule has 0 atom stereocenters. The summed E-state index contributed by atoms with van der Waals surface area (Å²) >= 11 is 5.94. The van der Waals surface area contributed by atoms with Gasteiger partial charge < -0.3 is 5.32 Å². The molecule has 0 unspecified atom stereocenters. The zero-order valence-corrected chi connectivity index (χ0v) is 14.1. The largest absolute Gasteiger partial charge is 0.320 e. The van der Waals surface area contributed by atoms with E-state index >= 15 is 0 Å². The van der Waals surface area contributed by atoms with Crippen LogP contribution in [0.4, 0.5) is 5.69 Å². The summed E-state index contributed by atoms with van der Waals surface area (Å²) in [6.07, 6.45) is 0. The minimum Gasteiger partial charge on any atom is -0.320 e. The van der Waals surface area contributed by atoms with Crippen LogP contribution in [0.1, 0.15) is 23.0 Å². The molecule has 6 heteroatoms. The number of rotatable bonds is 3. The summed E-state index contributed by atoms with van der Waals surface area (Å²) < 4.78 is 1.30. The summed E-state index contributed by atoms with van der Waals surface area (Å²) in [5.41, 5.74) is 1.53. The van der Waals surface area contributed by atoms with E-state index < -0.39 is 0 Å². The maximum atomic E-state index is 12.7. The van der Waals surface area contributed by atoms with Crippen molar-refractivity contribution in [3.05, 3.63) is 69.1 Å². The van der Waals surface area contributed by atoms with Crippen LogP contribution < -0.4 is 10.9 Å². The fourth-order valence-corrected chi connectivity index (χ4v) is 2.79. The Hall–Kier alpha value is -2.66. The van der Waals surface area contributed by atoms with Gasteiger partial charge in [0, 0.05) is 22.6 Å². The van der Waals surface area contributed by atoms with Crippen LogP contribution in [0.2, 0.25) is 5.02 Å². The second kappa shape index (κ2) is 6.45. The molecule has 3 aromatic rings. The van der Waals surface area contributed by atoms with Gasteiger partial charge in [0.25, 0.3) is 11.5 Å². The Bertz CT molecular complexity index is 995. The molecule has 0 aliphatic carbocycles. The van der Waals surface area contributed by atoms with E-state index in [1.54, 1.807) is 42.5 Å². The number of aryl methyl sites for hydroxylation is 2. The molecule has 0 saturated carbocycles. The van der Waals surface area contributed by atoms with Gasteiger partial charge in [-0.25, -0.2) is 4.68 Å². The highest BCUT2D eigenvalue weighted by Crippen LogP contribution is 2.21. The molecular weight excluding hydrogens is 326 g/mol. The zero-order valence-electron chi connectivity index (χ0n) is 13.3. The van der Waals surface area contributed by atoms with Crippen molar-refractivity contribution in [3.8, 4) is 0 Å². The molecule has 2 aromatic carbocycles. The summed E-state index contributed by atoms with van der Waals surface area (Å²) in [7, 11) is 0. The third kappa shape index (κ3) is 2.90. The van der Waals surface area contributed by atoms with E-state index in [-0.39, 0.29) is 17.2 Å². The van der Waals surface area contributed by atoms with Gasteiger partial charge in [-0.15, -0.1) is 0 Å². The molecule has 0 radical (unpaired) electrons. The summed E-state index contributed by atoms with van der Waals surface area (Å²) in [5.74, 6) is -0.362. The summed E-state index contributed by atoms with van der Waals surface area (Å²) in [6, 6.07) is 12.2. The number of amides is 1. The normalized spacial score (nSPS) is 10.8. The van der Waals surface area contributed by atoms with Gasteiger partial charge in [0.15, 0.2) is 5.69 Å². The highest BCUT2D eigenvalue weighted by molar-refractivity contribution is 6.30. The first-order valence-corrected chi connectivity index (χ1v) is 7.96. The predicted octanol–water partition coefficient (Wildman–Crippen LogP) is 3.63. The lowest BCUT2D eigenvalue weighted by Gasteiger charge is -2.11. The van der Waals surface area contributed by atoms with Crippen LogP contribution in [0.3, 0.4) is 0 Å². The van der Waals surface area contributed by atoms with Gasteiger partial charge in [-0.1, -0.05) is 29.8 Å². The molecule has 0 saturated heterocycles. The number of aromatic nitrogens is 2. The Balaban J connectivity index is 2.10. The van der Waals surface area contributed by atoms with Crippen molar-refractivity contribution < 1.29 is 4.79 Å². The number of hydrogen-bond donors (Lipinski definition) is 1. The number of fused-ring (bicyclic) bond motifs is 1. The van der Waals surface area contributed by atoms with E-state index in [4.69, 9.17) is 11.6 Å². The van der Waals surface area contributed by atoms with Crippen LogP contribution in [0.5, 0.6) is 0 Å². The first kappa shape index (κ1) is 16.2. The Morgan fingerprint density at radius 2 is 1.92 bits per heavy atom. The molecule has 1 aromatic heterocycles. The Morgan fingerprint density at radius 3 is 2.58 bits per heavy atom. The van der Waals surface area contributed by atoms with E-state index in [1.807, 2.05) is 13.8 Å². The average Bonchev–Trinajstić information content (AvgIpc) is 2.58. The fraction of sp³-hybridized carbons (Fsp3) is 0.167. The first-order valence-electron chi connectivity index (χ1n) is 7.58.